The van der Waals surface area contributed by atoms with Gasteiger partial charge >= 0.3 is 5.97 Å². The van der Waals surface area contributed by atoms with Crippen molar-refractivity contribution in [2.75, 3.05) is 0 Å². The van der Waals surface area contributed by atoms with Gasteiger partial charge in [-0.2, -0.15) is 0 Å². The molecule has 16 heavy (non-hydrogen) atoms. The molecule has 3 nitrogen and oxygen atoms in total. The largest absolute Gasteiger partial charge is 0.480 e. The van der Waals surface area contributed by atoms with Crippen LogP contribution in [0.15, 0.2) is 11.9 Å². The molecule has 4 heteroatoms. The minimum atomic E-state index is -1.16. The third-order valence-corrected chi connectivity index (χ3v) is 2.41. The molecule has 0 aromatic carbocycles. The molecule has 0 spiro atoms. The van der Waals surface area contributed by atoms with Gasteiger partial charge in [-0.3, -0.25) is 4.79 Å². The molecule has 1 unspecified atom stereocenters. The average molecular weight is 231 g/mol. The number of hydrogen-bond donors (Lipinski definition) is 2. The molecule has 3 N–H and O–H groups in total. The summed E-state index contributed by atoms with van der Waals surface area (Å²) in [7, 11) is 0. The summed E-state index contributed by atoms with van der Waals surface area (Å²) in [5.74, 6) is -1.57. The Morgan fingerprint density at radius 1 is 1.38 bits per heavy atom. The number of carboxylic acid groups (broad SMARTS) is 1. The Hall–Kier alpha value is -0.900. The third kappa shape index (κ3) is 8.41. The van der Waals surface area contributed by atoms with Crippen LogP contribution in [-0.2, 0) is 4.79 Å². The van der Waals surface area contributed by atoms with E-state index in [9.17, 15) is 9.18 Å². The van der Waals surface area contributed by atoms with Gasteiger partial charge in [0.2, 0.25) is 0 Å². The summed E-state index contributed by atoms with van der Waals surface area (Å²) in [6, 6.07) is -1.13. The number of carboxylic acids is 1. The minimum Gasteiger partial charge on any atom is -0.480 e. The maximum atomic E-state index is 13.1. The molecular weight excluding hydrogens is 209 g/mol. The number of nitrogens with two attached hydrogens (primary N) is 1. The van der Waals surface area contributed by atoms with Gasteiger partial charge in [-0.05, 0) is 12.8 Å². The summed E-state index contributed by atoms with van der Waals surface area (Å²) >= 11 is 0. The van der Waals surface area contributed by atoms with Crippen LogP contribution < -0.4 is 5.73 Å². The monoisotopic (exact) mass is 231 g/mol. The number of aliphatic carboxylic acids is 1. The van der Waals surface area contributed by atoms with Crippen molar-refractivity contribution in [1.29, 1.82) is 0 Å². The molecule has 0 bridgehead atoms. The molecule has 94 valence electrons. The fraction of sp³-hybridized carbons (Fsp3) is 0.750. The molecule has 0 aromatic heterocycles. The maximum absolute atomic E-state index is 13.1. The summed E-state index contributed by atoms with van der Waals surface area (Å²) in [4.78, 5) is 10.4. The predicted molar refractivity (Wildman–Crippen MR) is 62.8 cm³/mol. The zero-order valence-electron chi connectivity index (χ0n) is 9.92. The second-order valence-electron chi connectivity index (χ2n) is 4.00. The molecule has 0 fully saturated rings. The van der Waals surface area contributed by atoms with E-state index in [4.69, 9.17) is 10.8 Å². The fourth-order valence-electron chi connectivity index (χ4n) is 1.39. The van der Waals surface area contributed by atoms with Gasteiger partial charge in [0, 0.05) is 6.42 Å². The van der Waals surface area contributed by atoms with Crippen molar-refractivity contribution in [2.24, 2.45) is 5.73 Å². The van der Waals surface area contributed by atoms with Crippen molar-refractivity contribution < 1.29 is 14.3 Å². The first-order valence-electron chi connectivity index (χ1n) is 5.90. The highest BCUT2D eigenvalue weighted by atomic mass is 19.1. The van der Waals surface area contributed by atoms with E-state index < -0.39 is 17.8 Å². The van der Waals surface area contributed by atoms with Crippen LogP contribution in [0, 0.1) is 0 Å². The van der Waals surface area contributed by atoms with Gasteiger partial charge in [0.25, 0.3) is 0 Å². The quantitative estimate of drug-likeness (QED) is 0.599. The van der Waals surface area contributed by atoms with Crippen molar-refractivity contribution in [1.82, 2.24) is 0 Å². The van der Waals surface area contributed by atoms with Gasteiger partial charge in [-0.25, -0.2) is 4.39 Å². The van der Waals surface area contributed by atoms with Gasteiger partial charge in [-0.1, -0.05) is 38.7 Å². The van der Waals surface area contributed by atoms with Crippen molar-refractivity contribution >= 4 is 5.97 Å². The van der Waals surface area contributed by atoms with E-state index in [2.05, 4.69) is 6.92 Å². The van der Waals surface area contributed by atoms with Crippen LogP contribution in [0.3, 0.4) is 0 Å². The minimum absolute atomic E-state index is 0.204. The van der Waals surface area contributed by atoms with Crippen LogP contribution in [-0.4, -0.2) is 17.1 Å². The number of carbonyl (C=O) groups is 1. The third-order valence-electron chi connectivity index (χ3n) is 2.41. The Balaban J connectivity index is 3.58. The lowest BCUT2D eigenvalue weighted by Gasteiger charge is -2.03. The first-order valence-corrected chi connectivity index (χ1v) is 5.90. The Morgan fingerprint density at radius 2 is 2.00 bits per heavy atom. The molecular formula is C12H22FNO2. The van der Waals surface area contributed by atoms with Gasteiger partial charge < -0.3 is 10.8 Å². The first kappa shape index (κ1) is 15.1. The van der Waals surface area contributed by atoms with E-state index in [1.54, 1.807) is 0 Å². The van der Waals surface area contributed by atoms with Gasteiger partial charge in [0.15, 0.2) is 0 Å². The number of rotatable bonds is 9. The van der Waals surface area contributed by atoms with Crippen LogP contribution in [0.4, 0.5) is 4.39 Å². The second-order valence-corrected chi connectivity index (χ2v) is 4.00. The summed E-state index contributed by atoms with van der Waals surface area (Å²) < 4.78 is 13.1. The second kappa shape index (κ2) is 9.33. The van der Waals surface area contributed by atoms with Crippen LogP contribution in [0.2, 0.25) is 0 Å². The van der Waals surface area contributed by atoms with Gasteiger partial charge in [0.1, 0.15) is 6.04 Å². The Bertz CT molecular complexity index is 229. The van der Waals surface area contributed by atoms with E-state index in [0.29, 0.717) is 6.42 Å². The van der Waals surface area contributed by atoms with E-state index in [-0.39, 0.29) is 6.42 Å². The first-order chi connectivity index (χ1) is 7.57. The highest BCUT2D eigenvalue weighted by Crippen LogP contribution is 2.11. The maximum Gasteiger partial charge on any atom is 0.320 e. The fourth-order valence-corrected chi connectivity index (χ4v) is 1.39. The van der Waals surface area contributed by atoms with Crippen molar-refractivity contribution in [2.45, 2.75) is 57.9 Å². The molecule has 0 aliphatic heterocycles. The standard InChI is InChI=1S/C12H22FNO2/c1-2-3-4-5-6-7-8-10(13)9-11(14)12(15)16/h8,11H,2-7,9,14H2,1H3,(H,15,16)/b10-8-. The summed E-state index contributed by atoms with van der Waals surface area (Å²) in [5, 5.41) is 8.48. The lowest BCUT2D eigenvalue weighted by atomic mass is 10.1. The lowest BCUT2D eigenvalue weighted by molar-refractivity contribution is -0.138. The van der Waals surface area contributed by atoms with Crippen molar-refractivity contribution in [3.05, 3.63) is 11.9 Å². The summed E-state index contributed by atoms with van der Waals surface area (Å²) in [6.07, 6.45) is 7.56. The molecule has 0 saturated carbocycles. The summed E-state index contributed by atoms with van der Waals surface area (Å²) in [6.45, 7) is 2.15. The van der Waals surface area contributed by atoms with Gasteiger partial charge in [-0.15, -0.1) is 0 Å². The van der Waals surface area contributed by atoms with Crippen molar-refractivity contribution in [3.63, 3.8) is 0 Å². The topological polar surface area (TPSA) is 63.3 Å². The smallest absolute Gasteiger partial charge is 0.320 e. The predicted octanol–water partition coefficient (Wildman–Crippen LogP) is 3.00. The Kier molecular flexibility index (Phi) is 8.81. The van der Waals surface area contributed by atoms with Gasteiger partial charge in [0.05, 0.1) is 5.83 Å². The zero-order chi connectivity index (χ0) is 12.4. The Labute approximate surface area is 96.5 Å². The van der Waals surface area contributed by atoms with E-state index in [1.165, 1.54) is 25.3 Å². The molecule has 0 aromatic rings. The average Bonchev–Trinajstić information content (AvgIpc) is 2.23. The van der Waals surface area contributed by atoms with Crippen LogP contribution in [0.1, 0.15) is 51.9 Å². The molecule has 0 radical (unpaired) electrons. The molecule has 0 aliphatic rings. The van der Waals surface area contributed by atoms with E-state index in [1.807, 2.05) is 0 Å². The summed E-state index contributed by atoms with van der Waals surface area (Å²) in [5.41, 5.74) is 5.21. The highest BCUT2D eigenvalue weighted by Gasteiger charge is 2.13. The number of hydrogen-bond acceptors (Lipinski definition) is 2. The molecule has 0 amide bonds. The van der Waals surface area contributed by atoms with Crippen LogP contribution in [0.25, 0.3) is 0 Å². The van der Waals surface area contributed by atoms with E-state index >= 15 is 0 Å². The number of allylic oxidation sites excluding steroid dienone is 1. The molecule has 1 atom stereocenters. The molecule has 0 heterocycles. The van der Waals surface area contributed by atoms with Crippen LogP contribution in [0.5, 0.6) is 0 Å². The highest BCUT2D eigenvalue weighted by molar-refractivity contribution is 5.73. The zero-order valence-corrected chi connectivity index (χ0v) is 9.92. The van der Waals surface area contributed by atoms with Crippen LogP contribution >= 0.6 is 0 Å². The molecule has 0 saturated heterocycles. The molecule has 0 aliphatic carbocycles. The van der Waals surface area contributed by atoms with Crippen molar-refractivity contribution in [3.8, 4) is 0 Å². The lowest BCUT2D eigenvalue weighted by Crippen LogP contribution is -2.29. The normalized spacial score (nSPS) is 13.8. The number of halogens is 1. The Morgan fingerprint density at radius 3 is 2.56 bits per heavy atom. The number of unbranched alkanes of at least 4 members (excludes halogenated alkanes) is 5. The SMILES string of the molecule is CCCCCCC/C=C(\F)CC(N)C(=O)O. The van der Waals surface area contributed by atoms with E-state index in [0.717, 1.165) is 12.8 Å². The molecule has 0 rings (SSSR count).